The second-order valence-corrected chi connectivity index (χ2v) is 5.69. The summed E-state index contributed by atoms with van der Waals surface area (Å²) < 4.78 is 23.7. The van der Waals surface area contributed by atoms with Crippen molar-refractivity contribution in [2.24, 2.45) is 0 Å². The van der Waals surface area contributed by atoms with Gasteiger partial charge in [0.15, 0.2) is 0 Å². The number of nitrogens with one attached hydrogen (secondary N) is 2. The smallest absolute Gasteiger partial charge is 0.249 e. The average molecular weight is 371 g/mol. The summed E-state index contributed by atoms with van der Waals surface area (Å²) in [6.45, 7) is 3.69. The zero-order valence-electron chi connectivity index (χ0n) is 13.7. The second-order valence-electron chi connectivity index (χ2n) is 5.69. The topological polar surface area (TPSA) is 89.3 Å². The minimum absolute atomic E-state index is 0. The van der Waals surface area contributed by atoms with Gasteiger partial charge in [0, 0.05) is 24.6 Å². The lowest BCUT2D eigenvalue weighted by molar-refractivity contribution is -0.123. The van der Waals surface area contributed by atoms with Gasteiger partial charge >= 0.3 is 0 Å². The van der Waals surface area contributed by atoms with Gasteiger partial charge in [-0.2, -0.15) is 4.98 Å². The fourth-order valence-electron chi connectivity index (χ4n) is 2.49. The molecule has 0 saturated carbocycles. The number of rotatable bonds is 5. The lowest BCUT2D eigenvalue weighted by atomic mass is 10.2. The van der Waals surface area contributed by atoms with Gasteiger partial charge in [-0.1, -0.05) is 17.3 Å². The summed E-state index contributed by atoms with van der Waals surface area (Å²) in [4.78, 5) is 16.3. The third-order valence-electron chi connectivity index (χ3n) is 3.70. The molecule has 0 aliphatic carbocycles. The van der Waals surface area contributed by atoms with Gasteiger partial charge in [-0.3, -0.25) is 4.79 Å². The molecule has 1 aliphatic heterocycles. The summed E-state index contributed by atoms with van der Waals surface area (Å²) in [6.07, 6.45) is 0.315. The summed E-state index contributed by atoms with van der Waals surface area (Å²) in [5, 5.41) is 9.87. The Balaban J connectivity index is 0.00000225. The van der Waals surface area contributed by atoms with Gasteiger partial charge in [-0.05, 0) is 19.1 Å². The van der Waals surface area contributed by atoms with E-state index in [0.717, 1.165) is 6.54 Å². The molecule has 9 heteroatoms. The Labute approximate surface area is 150 Å². The van der Waals surface area contributed by atoms with Crippen LogP contribution in [0.15, 0.2) is 28.8 Å². The highest BCUT2D eigenvalue weighted by Crippen LogP contribution is 2.19. The standard InChI is InChI=1S/C16H19FN4O3.ClH/c1-10(19-14(22)8-13-9-23-6-5-18-13)16-20-15(21-24-16)11-3-2-4-12(17)7-11;/h2-4,7,10,13,18H,5-6,8-9H2,1H3,(H,19,22);1H. The van der Waals surface area contributed by atoms with Crippen molar-refractivity contribution in [1.29, 1.82) is 0 Å². The maximum absolute atomic E-state index is 13.3. The van der Waals surface area contributed by atoms with E-state index in [9.17, 15) is 9.18 Å². The zero-order chi connectivity index (χ0) is 16.9. The Morgan fingerprint density at radius 2 is 2.36 bits per heavy atom. The first-order valence-electron chi connectivity index (χ1n) is 7.82. The number of benzene rings is 1. The molecule has 0 bridgehead atoms. The van der Waals surface area contributed by atoms with Crippen LogP contribution in [0.2, 0.25) is 0 Å². The van der Waals surface area contributed by atoms with Gasteiger partial charge < -0.3 is 19.9 Å². The number of carbonyl (C=O) groups is 1. The highest BCUT2D eigenvalue weighted by Gasteiger charge is 2.21. The predicted molar refractivity (Wildman–Crippen MR) is 90.7 cm³/mol. The number of morpholine rings is 1. The van der Waals surface area contributed by atoms with Crippen LogP contribution in [-0.2, 0) is 9.53 Å². The Hall–Kier alpha value is -2.03. The molecule has 25 heavy (non-hydrogen) atoms. The van der Waals surface area contributed by atoms with E-state index in [4.69, 9.17) is 9.26 Å². The molecule has 2 aromatic rings. The molecular weight excluding hydrogens is 351 g/mol. The SMILES string of the molecule is CC(NC(=O)CC1COCCN1)c1nc(-c2cccc(F)c2)no1.Cl. The van der Waals surface area contributed by atoms with Crippen LogP contribution in [0.1, 0.15) is 25.3 Å². The van der Waals surface area contributed by atoms with E-state index in [1.54, 1.807) is 19.1 Å². The summed E-state index contributed by atoms with van der Waals surface area (Å²) in [7, 11) is 0. The van der Waals surface area contributed by atoms with E-state index in [-0.39, 0.29) is 41.9 Å². The molecule has 1 aromatic heterocycles. The highest BCUT2D eigenvalue weighted by atomic mass is 35.5. The molecule has 1 amide bonds. The minimum Gasteiger partial charge on any atom is -0.378 e. The molecule has 1 aromatic carbocycles. The van der Waals surface area contributed by atoms with Gasteiger partial charge in [0.1, 0.15) is 11.9 Å². The van der Waals surface area contributed by atoms with Crippen LogP contribution in [0.3, 0.4) is 0 Å². The molecule has 7 nitrogen and oxygen atoms in total. The van der Waals surface area contributed by atoms with Crippen molar-refractivity contribution >= 4 is 18.3 Å². The normalized spacial score (nSPS) is 18.2. The zero-order valence-corrected chi connectivity index (χ0v) is 14.5. The number of carbonyl (C=O) groups excluding carboxylic acids is 1. The van der Waals surface area contributed by atoms with Gasteiger partial charge in [-0.15, -0.1) is 12.4 Å². The van der Waals surface area contributed by atoms with Crippen LogP contribution >= 0.6 is 12.4 Å². The lowest BCUT2D eigenvalue weighted by Gasteiger charge is -2.23. The van der Waals surface area contributed by atoms with Crippen molar-refractivity contribution in [3.63, 3.8) is 0 Å². The molecular formula is C16H20ClFN4O3. The van der Waals surface area contributed by atoms with Gasteiger partial charge in [-0.25, -0.2) is 4.39 Å². The number of halogens is 2. The molecule has 1 aliphatic rings. The molecule has 1 fully saturated rings. The van der Waals surface area contributed by atoms with E-state index in [0.29, 0.717) is 25.2 Å². The summed E-state index contributed by atoms with van der Waals surface area (Å²) in [6, 6.07) is 5.51. The molecule has 2 atom stereocenters. The first kappa shape index (κ1) is 19.3. The van der Waals surface area contributed by atoms with E-state index in [2.05, 4.69) is 20.8 Å². The lowest BCUT2D eigenvalue weighted by Crippen LogP contribution is -2.44. The Morgan fingerprint density at radius 1 is 1.52 bits per heavy atom. The first-order valence-corrected chi connectivity index (χ1v) is 7.82. The Morgan fingerprint density at radius 3 is 3.08 bits per heavy atom. The van der Waals surface area contributed by atoms with Gasteiger partial charge in [0.05, 0.1) is 13.2 Å². The number of amides is 1. The van der Waals surface area contributed by atoms with Crippen LogP contribution in [0.25, 0.3) is 11.4 Å². The minimum atomic E-state index is -0.434. The largest absolute Gasteiger partial charge is 0.378 e. The van der Waals surface area contributed by atoms with E-state index < -0.39 is 6.04 Å². The van der Waals surface area contributed by atoms with Gasteiger partial charge in [0.25, 0.3) is 0 Å². The third kappa shape index (κ3) is 5.22. The third-order valence-corrected chi connectivity index (χ3v) is 3.70. The molecule has 3 rings (SSSR count). The van der Waals surface area contributed by atoms with Crippen LogP contribution in [0.5, 0.6) is 0 Å². The van der Waals surface area contributed by atoms with Crippen molar-refractivity contribution in [2.75, 3.05) is 19.8 Å². The molecule has 136 valence electrons. The van der Waals surface area contributed by atoms with Crippen molar-refractivity contribution in [3.05, 3.63) is 36.0 Å². The maximum atomic E-state index is 13.3. The van der Waals surface area contributed by atoms with E-state index in [1.165, 1.54) is 12.1 Å². The number of nitrogens with zero attached hydrogens (tertiary/aromatic N) is 2. The van der Waals surface area contributed by atoms with Crippen LogP contribution < -0.4 is 10.6 Å². The molecule has 1 saturated heterocycles. The fraction of sp³-hybridized carbons (Fsp3) is 0.438. The van der Waals surface area contributed by atoms with Crippen molar-refractivity contribution in [1.82, 2.24) is 20.8 Å². The van der Waals surface area contributed by atoms with Crippen LogP contribution in [-0.4, -0.2) is 41.8 Å². The number of ether oxygens (including phenoxy) is 1. The average Bonchev–Trinajstić information content (AvgIpc) is 3.06. The van der Waals surface area contributed by atoms with Crippen LogP contribution in [0, 0.1) is 5.82 Å². The predicted octanol–water partition coefficient (Wildman–Crippen LogP) is 1.85. The monoisotopic (exact) mass is 370 g/mol. The summed E-state index contributed by atoms with van der Waals surface area (Å²) >= 11 is 0. The molecule has 2 heterocycles. The van der Waals surface area contributed by atoms with Crippen molar-refractivity contribution in [2.45, 2.75) is 25.4 Å². The summed E-state index contributed by atoms with van der Waals surface area (Å²) in [5.74, 6) is 0.0572. The van der Waals surface area contributed by atoms with Gasteiger partial charge in [0.2, 0.25) is 17.6 Å². The molecule has 0 spiro atoms. The Kier molecular flexibility index (Phi) is 6.86. The van der Waals surface area contributed by atoms with E-state index in [1.807, 2.05) is 0 Å². The van der Waals surface area contributed by atoms with Crippen molar-refractivity contribution < 1.29 is 18.4 Å². The van der Waals surface area contributed by atoms with E-state index >= 15 is 0 Å². The molecule has 2 N–H and O–H groups in total. The quantitative estimate of drug-likeness (QED) is 0.835. The number of aromatic nitrogens is 2. The summed E-state index contributed by atoms with van der Waals surface area (Å²) in [5.41, 5.74) is 0.520. The first-order chi connectivity index (χ1) is 11.6. The number of hydrogen-bond donors (Lipinski definition) is 2. The van der Waals surface area contributed by atoms with Crippen LogP contribution in [0.4, 0.5) is 4.39 Å². The molecule has 2 unspecified atom stereocenters. The number of hydrogen-bond acceptors (Lipinski definition) is 6. The fourth-order valence-corrected chi connectivity index (χ4v) is 2.49. The maximum Gasteiger partial charge on any atom is 0.249 e. The second kappa shape index (κ2) is 8.89. The van der Waals surface area contributed by atoms with Crippen molar-refractivity contribution in [3.8, 4) is 11.4 Å². The Bertz CT molecular complexity index is 706. The highest BCUT2D eigenvalue weighted by molar-refractivity contribution is 5.85. The molecule has 0 radical (unpaired) electrons.